The van der Waals surface area contributed by atoms with Gasteiger partial charge in [-0.3, -0.25) is 0 Å². The molecule has 3 saturated heterocycles. The second kappa shape index (κ2) is 4.72. The second-order valence-corrected chi connectivity index (χ2v) is 7.96. The molecule has 3 fully saturated rings. The van der Waals surface area contributed by atoms with Gasteiger partial charge in [0.2, 0.25) is 0 Å². The third kappa shape index (κ3) is 2.08. The van der Waals surface area contributed by atoms with Crippen molar-refractivity contribution in [3.8, 4) is 10.6 Å². The van der Waals surface area contributed by atoms with Crippen LogP contribution in [0.3, 0.4) is 0 Å². The Morgan fingerprint density at radius 2 is 2.11 bits per heavy atom. The molecule has 5 rings (SSSR count). The van der Waals surface area contributed by atoms with Crippen molar-refractivity contribution in [3.05, 3.63) is 28.4 Å². The molecule has 0 amide bonds. The van der Waals surface area contributed by atoms with Crippen LogP contribution in [0.25, 0.3) is 10.6 Å². The molecule has 0 radical (unpaired) electrons. The van der Waals surface area contributed by atoms with Crippen LogP contribution >= 0.6 is 27.3 Å². The molecule has 2 bridgehead atoms. The summed E-state index contributed by atoms with van der Waals surface area (Å²) in [6, 6.07) is 4.91. The number of rotatable bonds is 2. The Morgan fingerprint density at radius 3 is 2.74 bits per heavy atom. The lowest BCUT2D eigenvalue weighted by Crippen LogP contribution is -2.48. The van der Waals surface area contributed by atoms with Crippen molar-refractivity contribution in [2.75, 3.05) is 19.6 Å². The molecule has 3 nitrogen and oxygen atoms in total. The van der Waals surface area contributed by atoms with E-state index in [1.807, 2.05) is 12.5 Å². The molecule has 0 aromatic carbocycles. The predicted octanol–water partition coefficient (Wildman–Crippen LogP) is 3.64. The lowest BCUT2D eigenvalue weighted by molar-refractivity contribution is 0.0577. The highest BCUT2D eigenvalue weighted by atomic mass is 79.9. The van der Waals surface area contributed by atoms with Crippen LogP contribution in [0.4, 0.5) is 0 Å². The van der Waals surface area contributed by atoms with Gasteiger partial charge in [-0.25, -0.2) is 4.98 Å². The molecule has 0 spiro atoms. The summed E-state index contributed by atoms with van der Waals surface area (Å²) in [5.41, 5.74) is 1.27. The SMILES string of the molecule is Brc1ccc(-c2cncn2C2CN3CCC2CC3)s1. The average Bonchev–Trinajstić information content (AvgIpc) is 3.08. The second-order valence-electron chi connectivity index (χ2n) is 5.50. The van der Waals surface area contributed by atoms with Crippen molar-refractivity contribution in [2.24, 2.45) is 5.92 Å². The van der Waals surface area contributed by atoms with E-state index in [1.165, 1.54) is 46.8 Å². The first-order valence-corrected chi connectivity index (χ1v) is 8.42. The fourth-order valence-corrected chi connectivity index (χ4v) is 4.86. The van der Waals surface area contributed by atoms with Gasteiger partial charge >= 0.3 is 0 Å². The molecule has 100 valence electrons. The minimum atomic E-state index is 0.612. The van der Waals surface area contributed by atoms with Crippen molar-refractivity contribution in [1.29, 1.82) is 0 Å². The van der Waals surface area contributed by atoms with Crippen LogP contribution < -0.4 is 0 Å². The molecule has 5 heterocycles. The highest BCUT2D eigenvalue weighted by Gasteiger charge is 2.35. The fourth-order valence-electron chi connectivity index (χ4n) is 3.46. The minimum absolute atomic E-state index is 0.612. The number of aromatic nitrogens is 2. The highest BCUT2D eigenvalue weighted by Crippen LogP contribution is 2.39. The van der Waals surface area contributed by atoms with Crippen LogP contribution in [0.1, 0.15) is 18.9 Å². The molecule has 0 aliphatic carbocycles. The third-order valence-electron chi connectivity index (χ3n) is 4.47. The smallest absolute Gasteiger partial charge is 0.0954 e. The van der Waals surface area contributed by atoms with Gasteiger partial charge in [-0.15, -0.1) is 11.3 Å². The van der Waals surface area contributed by atoms with Gasteiger partial charge in [0.1, 0.15) is 0 Å². The molecule has 2 aromatic rings. The standard InChI is InChI=1S/C14H16BrN3S/c15-14-2-1-13(19-14)11-7-16-9-18(11)12-8-17-5-3-10(12)4-6-17/h1-2,7,9-10,12H,3-6,8H2. The Bertz CT molecular complexity index is 583. The van der Waals surface area contributed by atoms with Crippen molar-refractivity contribution in [2.45, 2.75) is 18.9 Å². The topological polar surface area (TPSA) is 21.1 Å². The Labute approximate surface area is 125 Å². The molecule has 3 aliphatic rings. The van der Waals surface area contributed by atoms with Crippen LogP contribution in [0.2, 0.25) is 0 Å². The van der Waals surface area contributed by atoms with E-state index in [1.54, 1.807) is 11.3 Å². The summed E-state index contributed by atoms with van der Waals surface area (Å²) in [5, 5.41) is 0. The van der Waals surface area contributed by atoms with Crippen LogP contribution in [0, 0.1) is 5.92 Å². The molecule has 3 aliphatic heterocycles. The van der Waals surface area contributed by atoms with E-state index in [0.29, 0.717) is 6.04 Å². The van der Waals surface area contributed by atoms with E-state index >= 15 is 0 Å². The number of hydrogen-bond acceptors (Lipinski definition) is 3. The fraction of sp³-hybridized carbons (Fsp3) is 0.500. The summed E-state index contributed by atoms with van der Waals surface area (Å²) in [4.78, 5) is 8.30. The normalized spacial score (nSPS) is 29.8. The van der Waals surface area contributed by atoms with Gasteiger partial charge in [-0.1, -0.05) is 0 Å². The number of nitrogens with zero attached hydrogens (tertiary/aromatic N) is 3. The average molecular weight is 338 g/mol. The summed E-state index contributed by atoms with van der Waals surface area (Å²) >= 11 is 5.34. The maximum atomic E-state index is 4.40. The van der Waals surface area contributed by atoms with Crippen molar-refractivity contribution < 1.29 is 0 Å². The first kappa shape index (κ1) is 12.1. The van der Waals surface area contributed by atoms with Crippen molar-refractivity contribution in [3.63, 3.8) is 0 Å². The van der Waals surface area contributed by atoms with E-state index < -0.39 is 0 Å². The monoisotopic (exact) mass is 337 g/mol. The molecule has 19 heavy (non-hydrogen) atoms. The van der Waals surface area contributed by atoms with Gasteiger partial charge in [0.15, 0.2) is 0 Å². The van der Waals surface area contributed by atoms with Crippen molar-refractivity contribution in [1.82, 2.24) is 14.5 Å². The quantitative estimate of drug-likeness (QED) is 0.834. The van der Waals surface area contributed by atoms with Gasteiger partial charge in [0.25, 0.3) is 0 Å². The van der Waals surface area contributed by atoms with Gasteiger partial charge in [0.05, 0.1) is 32.9 Å². The Morgan fingerprint density at radius 1 is 1.26 bits per heavy atom. The molecule has 0 N–H and O–H groups in total. The van der Waals surface area contributed by atoms with Crippen LogP contribution in [0.15, 0.2) is 28.4 Å². The van der Waals surface area contributed by atoms with E-state index in [0.717, 1.165) is 5.92 Å². The first-order chi connectivity index (χ1) is 9.31. The highest BCUT2D eigenvalue weighted by molar-refractivity contribution is 9.11. The zero-order valence-corrected chi connectivity index (χ0v) is 13.0. The number of thiophene rings is 1. The number of fused-ring (bicyclic) bond motifs is 3. The Hall–Kier alpha value is -0.650. The van der Waals surface area contributed by atoms with Gasteiger partial charge in [0, 0.05) is 6.54 Å². The Kier molecular flexibility index (Phi) is 3.01. The largest absolute Gasteiger partial charge is 0.325 e. The molecule has 1 unspecified atom stereocenters. The van der Waals surface area contributed by atoms with Gasteiger partial charge in [-0.2, -0.15) is 0 Å². The van der Waals surface area contributed by atoms with Crippen LogP contribution in [0.5, 0.6) is 0 Å². The van der Waals surface area contributed by atoms with Gasteiger partial charge < -0.3 is 9.47 Å². The van der Waals surface area contributed by atoms with Gasteiger partial charge in [-0.05, 0) is 59.9 Å². The maximum Gasteiger partial charge on any atom is 0.0954 e. The summed E-state index contributed by atoms with van der Waals surface area (Å²) < 4.78 is 3.60. The Balaban J connectivity index is 1.71. The first-order valence-electron chi connectivity index (χ1n) is 6.81. The number of imidazole rings is 1. The molecule has 1 atom stereocenters. The molecule has 2 aromatic heterocycles. The molecular formula is C14H16BrN3S. The summed E-state index contributed by atoms with van der Waals surface area (Å²) in [7, 11) is 0. The lowest BCUT2D eigenvalue weighted by Gasteiger charge is -2.45. The van der Waals surface area contributed by atoms with E-state index in [2.05, 4.69) is 42.5 Å². The summed E-state index contributed by atoms with van der Waals surface area (Å²) in [5.74, 6) is 0.835. The van der Waals surface area contributed by atoms with Crippen LogP contribution in [-0.4, -0.2) is 34.1 Å². The zero-order chi connectivity index (χ0) is 12.8. The van der Waals surface area contributed by atoms with E-state index in [4.69, 9.17) is 0 Å². The number of halogens is 1. The predicted molar refractivity (Wildman–Crippen MR) is 81.4 cm³/mol. The summed E-state index contributed by atoms with van der Waals surface area (Å²) in [6.45, 7) is 3.77. The molecule has 5 heteroatoms. The van der Waals surface area contributed by atoms with E-state index in [9.17, 15) is 0 Å². The number of piperidine rings is 3. The zero-order valence-electron chi connectivity index (χ0n) is 10.6. The molecule has 0 saturated carbocycles. The summed E-state index contributed by atoms with van der Waals surface area (Å²) in [6.07, 6.45) is 6.72. The number of hydrogen-bond donors (Lipinski definition) is 0. The van der Waals surface area contributed by atoms with Crippen LogP contribution in [-0.2, 0) is 0 Å². The lowest BCUT2D eigenvalue weighted by atomic mass is 9.84. The minimum Gasteiger partial charge on any atom is -0.325 e. The van der Waals surface area contributed by atoms with E-state index in [-0.39, 0.29) is 0 Å². The maximum absolute atomic E-state index is 4.40. The van der Waals surface area contributed by atoms with Crippen molar-refractivity contribution >= 4 is 27.3 Å². The molecular weight excluding hydrogens is 322 g/mol. The third-order valence-corrected chi connectivity index (χ3v) is 6.12.